The maximum atomic E-state index is 13.1. The van der Waals surface area contributed by atoms with Crippen molar-refractivity contribution in [3.63, 3.8) is 0 Å². The number of aliphatic hydroxyl groups is 1. The van der Waals surface area contributed by atoms with Crippen LogP contribution in [0, 0.1) is 0 Å². The highest BCUT2D eigenvalue weighted by atomic mass is 31.2. The average Bonchev–Trinajstić information content (AvgIpc) is 0.923. The number of esters is 4. The number of phosphoric ester groups is 2. The van der Waals surface area contributed by atoms with Crippen LogP contribution in [0.3, 0.4) is 0 Å². The zero-order valence-corrected chi connectivity index (χ0v) is 68.2. The van der Waals surface area contributed by atoms with Crippen molar-refractivity contribution < 1.29 is 80.2 Å². The van der Waals surface area contributed by atoms with E-state index < -0.39 is 97.5 Å². The largest absolute Gasteiger partial charge is 0.472 e. The molecule has 0 fully saturated rings. The molecule has 108 heavy (non-hydrogen) atoms. The molecule has 0 spiro atoms. The first-order valence-corrected chi connectivity index (χ1v) is 43.3. The van der Waals surface area contributed by atoms with Gasteiger partial charge in [-0.15, -0.1) is 0 Å². The first-order valence-electron chi connectivity index (χ1n) is 40.3. The minimum absolute atomic E-state index is 0.0232. The number of phosphoric acid groups is 2. The number of ether oxygens (including phenoxy) is 4. The zero-order chi connectivity index (χ0) is 78.9. The molecule has 0 bridgehead atoms. The smallest absolute Gasteiger partial charge is 0.462 e. The van der Waals surface area contributed by atoms with Crippen LogP contribution < -0.4 is 0 Å². The van der Waals surface area contributed by atoms with E-state index in [1.165, 1.54) is 19.3 Å². The second-order valence-corrected chi connectivity index (χ2v) is 28.8. The Morgan fingerprint density at radius 1 is 0.278 bits per heavy atom. The van der Waals surface area contributed by atoms with Crippen LogP contribution in [0.1, 0.15) is 272 Å². The second kappa shape index (κ2) is 78.8. The lowest BCUT2D eigenvalue weighted by Gasteiger charge is -2.21. The van der Waals surface area contributed by atoms with Crippen molar-refractivity contribution in [1.82, 2.24) is 0 Å². The molecule has 0 amide bonds. The van der Waals surface area contributed by atoms with Gasteiger partial charge in [0.05, 0.1) is 32.8 Å². The van der Waals surface area contributed by atoms with Gasteiger partial charge in [-0.1, -0.05) is 279 Å². The molecule has 0 aromatic rings. The predicted molar refractivity (Wildman–Crippen MR) is 445 cm³/mol. The first-order chi connectivity index (χ1) is 52.7. The molecule has 5 atom stereocenters. The van der Waals surface area contributed by atoms with Crippen molar-refractivity contribution in [2.75, 3.05) is 39.6 Å². The summed E-state index contributed by atoms with van der Waals surface area (Å²) < 4.78 is 68.4. The van der Waals surface area contributed by atoms with Crippen molar-refractivity contribution in [2.24, 2.45) is 0 Å². The summed E-state index contributed by atoms with van der Waals surface area (Å²) >= 11 is 0. The Labute approximate surface area is 652 Å². The standard InChI is InChI=1S/C89H140O17P2/c1-5-9-13-17-21-25-29-33-37-39-41-43-47-49-53-57-61-65-69-73-86(91)99-79-84(105-88(93)75-71-67-63-59-55-51-45-35-31-27-23-19-15-11-7-3)81-103-107(95,96)101-77-83(90)78-102-108(97,98)104-82-85(106-89(94)76-72-68-64-60-56-52-46-36-32-28-24-20-16-12-8-4)80-100-87(92)74-70-66-62-58-54-50-48-44-42-40-38-34-30-26-22-18-14-10-6-2/h9,11-13,15-16,21-28,33-38,41-46,49,53,55-56,59-60,68,72,83-85,90H,5-8,10,14,17-20,29-32,39-40,47-48,50-52,54,57-58,61-67,69-71,73-82H2,1-4H3,(H,95,96)(H,97,98)/b13-9-,15-11-,16-12-,25-21-,26-22-,27-23-,28-24-,37-33-,38-34-,43-41-,44-42-,45-35-,46-36-,53-49-,59-55-,60-56-,72-68-. The van der Waals surface area contributed by atoms with E-state index in [1.54, 1.807) is 12.2 Å². The lowest BCUT2D eigenvalue weighted by Crippen LogP contribution is -2.30. The van der Waals surface area contributed by atoms with E-state index in [0.717, 1.165) is 167 Å². The highest BCUT2D eigenvalue weighted by Gasteiger charge is 2.30. The highest BCUT2D eigenvalue weighted by Crippen LogP contribution is 2.45. The molecule has 0 heterocycles. The van der Waals surface area contributed by atoms with Crippen LogP contribution in [0.4, 0.5) is 0 Å². The van der Waals surface area contributed by atoms with Crippen LogP contribution in [-0.2, 0) is 65.4 Å². The van der Waals surface area contributed by atoms with E-state index >= 15 is 0 Å². The molecule has 5 unspecified atom stereocenters. The molecule has 0 rings (SSSR count). The van der Waals surface area contributed by atoms with E-state index in [-0.39, 0.29) is 25.7 Å². The fraction of sp³-hybridized carbons (Fsp3) is 0.573. The topological polar surface area (TPSA) is 237 Å². The van der Waals surface area contributed by atoms with Crippen molar-refractivity contribution in [1.29, 1.82) is 0 Å². The van der Waals surface area contributed by atoms with Gasteiger partial charge < -0.3 is 33.8 Å². The van der Waals surface area contributed by atoms with Crippen molar-refractivity contribution in [3.8, 4) is 0 Å². The third-order valence-electron chi connectivity index (χ3n) is 15.8. The van der Waals surface area contributed by atoms with Gasteiger partial charge in [-0.05, 0) is 173 Å². The molecule has 0 aliphatic heterocycles. The number of hydrogen-bond donors (Lipinski definition) is 3. The molecule has 17 nitrogen and oxygen atoms in total. The van der Waals surface area contributed by atoms with Gasteiger partial charge in [0.15, 0.2) is 12.2 Å². The maximum absolute atomic E-state index is 13.1. The van der Waals surface area contributed by atoms with Crippen LogP contribution in [0.2, 0.25) is 0 Å². The SMILES string of the molecule is CC/C=C\C/C=C\C/C=C\C/C=C\C/C=C\CCCCCC(=O)OCC(COP(=O)(O)OCC(O)COP(=O)(O)OCC(COC(=O)CCCCCCCC/C=C\C/C=C\C/C=C\CCCCC)OC(=O)C/C=C\C/C=C\C/C=C\C/C=C\C/C=C\CC)OC(=O)CCCC/C=C\C/C=C\C/C=C\C/C=C\CC. The zero-order valence-electron chi connectivity index (χ0n) is 66.4. The molecular formula is C89H140O17P2. The van der Waals surface area contributed by atoms with Crippen molar-refractivity contribution in [2.45, 2.75) is 290 Å². The Kier molecular flexibility index (Phi) is 74.1. The summed E-state index contributed by atoms with van der Waals surface area (Å²) in [6.07, 6.45) is 98.4. The van der Waals surface area contributed by atoms with E-state index in [0.29, 0.717) is 32.1 Å². The van der Waals surface area contributed by atoms with Gasteiger partial charge in [-0.3, -0.25) is 37.3 Å². The fourth-order valence-corrected chi connectivity index (χ4v) is 11.3. The van der Waals surface area contributed by atoms with Crippen LogP contribution in [-0.4, -0.2) is 96.7 Å². The predicted octanol–water partition coefficient (Wildman–Crippen LogP) is 23.9. The monoisotopic (exact) mass is 1540 g/mol. The lowest BCUT2D eigenvalue weighted by atomic mass is 10.1. The third kappa shape index (κ3) is 77.8. The van der Waals surface area contributed by atoms with E-state index in [9.17, 15) is 43.2 Å². The minimum atomic E-state index is -5.02. The number of carbonyl (C=O) groups is 4. The van der Waals surface area contributed by atoms with Gasteiger partial charge in [-0.2, -0.15) is 0 Å². The summed E-state index contributed by atoms with van der Waals surface area (Å²) in [5.74, 6) is -2.45. The summed E-state index contributed by atoms with van der Waals surface area (Å²) in [6.45, 7) is 4.25. The summed E-state index contributed by atoms with van der Waals surface area (Å²) in [6, 6.07) is 0. The van der Waals surface area contributed by atoms with Crippen molar-refractivity contribution in [3.05, 3.63) is 207 Å². The van der Waals surface area contributed by atoms with Gasteiger partial charge in [0, 0.05) is 19.3 Å². The van der Waals surface area contributed by atoms with Crippen LogP contribution in [0.5, 0.6) is 0 Å². The van der Waals surface area contributed by atoms with Gasteiger partial charge in [-0.25, -0.2) is 9.13 Å². The summed E-state index contributed by atoms with van der Waals surface area (Å²) in [5.41, 5.74) is 0. The molecule has 608 valence electrons. The highest BCUT2D eigenvalue weighted by molar-refractivity contribution is 7.47. The molecule has 19 heteroatoms. The van der Waals surface area contributed by atoms with Crippen LogP contribution in [0.25, 0.3) is 0 Å². The van der Waals surface area contributed by atoms with Gasteiger partial charge in [0.2, 0.25) is 0 Å². The lowest BCUT2D eigenvalue weighted by molar-refractivity contribution is -0.161. The molecule has 0 aromatic heterocycles. The number of hydrogen-bond acceptors (Lipinski definition) is 15. The van der Waals surface area contributed by atoms with E-state index in [2.05, 4.69) is 210 Å². The molecule has 3 N–H and O–H groups in total. The van der Waals surface area contributed by atoms with Crippen LogP contribution in [0.15, 0.2) is 207 Å². The van der Waals surface area contributed by atoms with Gasteiger partial charge in [0.25, 0.3) is 0 Å². The summed E-state index contributed by atoms with van der Waals surface area (Å²) in [7, 11) is -10.0. The Morgan fingerprint density at radius 3 is 0.852 bits per heavy atom. The Hall–Kier alpha value is -6.36. The Balaban J connectivity index is 5.52. The van der Waals surface area contributed by atoms with E-state index in [4.69, 9.17) is 37.0 Å². The molecule has 0 aliphatic carbocycles. The van der Waals surface area contributed by atoms with E-state index in [1.807, 2.05) is 12.2 Å². The normalized spacial score (nSPS) is 14.9. The maximum Gasteiger partial charge on any atom is 0.472 e. The van der Waals surface area contributed by atoms with Gasteiger partial charge in [0.1, 0.15) is 19.3 Å². The molecule has 0 aliphatic rings. The number of aliphatic hydroxyl groups excluding tert-OH is 1. The fourth-order valence-electron chi connectivity index (χ4n) is 9.73. The van der Waals surface area contributed by atoms with Crippen molar-refractivity contribution >= 4 is 39.5 Å². The molecule has 0 saturated carbocycles. The molecule has 0 aromatic carbocycles. The average molecular weight is 1540 g/mol. The third-order valence-corrected chi connectivity index (χ3v) is 17.7. The Bertz CT molecular complexity index is 2860. The van der Waals surface area contributed by atoms with Gasteiger partial charge >= 0.3 is 39.5 Å². The van der Waals surface area contributed by atoms with Crippen LogP contribution >= 0.6 is 15.6 Å². The number of rotatable bonds is 73. The first kappa shape index (κ1) is 102. The summed E-state index contributed by atoms with van der Waals surface area (Å²) in [5, 5.41) is 10.6. The quantitative estimate of drug-likeness (QED) is 0.0169. The number of allylic oxidation sites excluding steroid dienone is 33. The minimum Gasteiger partial charge on any atom is -0.462 e. The molecular weight excluding hydrogens is 1400 g/mol. The molecule has 0 saturated heterocycles. The second-order valence-electron chi connectivity index (χ2n) is 25.9. The Morgan fingerprint density at radius 2 is 0.519 bits per heavy atom. The molecule has 0 radical (unpaired) electrons. The summed E-state index contributed by atoms with van der Waals surface area (Å²) in [4.78, 5) is 73.0. The number of carbonyl (C=O) groups excluding carboxylic acids is 4. The number of unbranched alkanes of at least 4 members (excludes halogenated alkanes) is 14.